The molecule has 2 aromatic heterocycles. The molecule has 4 amide bonds. The molecule has 0 aliphatic carbocycles. The Balaban J connectivity index is 1.00. The number of β-amino-alcohol motifs (C(OH)–C–C–N with tert-alkyl or cyclic N) is 1. The Morgan fingerprint density at radius 1 is 1.02 bits per heavy atom. The predicted molar refractivity (Wildman–Crippen MR) is 216 cm³/mol. The summed E-state index contributed by atoms with van der Waals surface area (Å²) in [6.07, 6.45) is 6.23. The number of H-pyrrole nitrogens is 1. The quantitative estimate of drug-likeness (QED) is 0.143. The van der Waals surface area contributed by atoms with Crippen LogP contribution in [0.1, 0.15) is 72.5 Å². The molecule has 2 atom stereocenters. The van der Waals surface area contributed by atoms with Gasteiger partial charge >= 0.3 is 0 Å². The van der Waals surface area contributed by atoms with E-state index < -0.39 is 29.2 Å². The molecule has 3 saturated heterocycles. The molecule has 5 aromatic rings. The van der Waals surface area contributed by atoms with Crippen molar-refractivity contribution < 1.29 is 33.1 Å². The van der Waals surface area contributed by atoms with Crippen LogP contribution in [0.15, 0.2) is 67.0 Å². The molecule has 308 valence electrons. The van der Waals surface area contributed by atoms with Gasteiger partial charge in [-0.05, 0) is 85.0 Å². The second kappa shape index (κ2) is 16.2. The normalized spacial score (nSPS) is 20.2. The van der Waals surface area contributed by atoms with E-state index in [4.69, 9.17) is 0 Å². The van der Waals surface area contributed by atoms with Crippen molar-refractivity contribution in [2.24, 2.45) is 0 Å². The number of nitrogens with one attached hydrogen (secondary N) is 3. The number of hydrogen-bond donors (Lipinski definition) is 4. The summed E-state index contributed by atoms with van der Waals surface area (Å²) in [7, 11) is 3.24. The van der Waals surface area contributed by atoms with Crippen LogP contribution in [-0.4, -0.2) is 105 Å². The molecule has 1 unspecified atom stereocenters. The van der Waals surface area contributed by atoms with Gasteiger partial charge in [-0.25, -0.2) is 8.78 Å². The molecule has 0 saturated carbocycles. The van der Waals surface area contributed by atoms with E-state index in [-0.39, 0.29) is 66.2 Å². The van der Waals surface area contributed by atoms with E-state index >= 15 is 8.78 Å². The van der Waals surface area contributed by atoms with E-state index in [0.29, 0.717) is 61.3 Å². The molecule has 3 aliphatic heterocycles. The summed E-state index contributed by atoms with van der Waals surface area (Å²) in [6.45, 7) is 1.95. The first-order chi connectivity index (χ1) is 28.4. The molecule has 14 nitrogen and oxygen atoms in total. The number of nitrogens with zero attached hydrogens (tertiary/aromatic N) is 6. The number of aromatic nitrogens is 4. The number of likely N-dealkylation sites (tertiary alicyclic amines) is 1. The number of piperidine rings is 3. The number of aliphatic hydroxyl groups is 1. The molecule has 3 aromatic carbocycles. The molecule has 59 heavy (non-hydrogen) atoms. The van der Waals surface area contributed by atoms with Crippen LogP contribution in [0.3, 0.4) is 0 Å². The molecule has 0 bridgehead atoms. The van der Waals surface area contributed by atoms with Gasteiger partial charge in [-0.2, -0.15) is 0 Å². The molecule has 3 fully saturated rings. The Morgan fingerprint density at radius 2 is 1.80 bits per heavy atom. The van der Waals surface area contributed by atoms with Crippen molar-refractivity contribution in [2.45, 2.75) is 69.1 Å². The van der Waals surface area contributed by atoms with Crippen molar-refractivity contribution in [2.75, 3.05) is 50.5 Å². The van der Waals surface area contributed by atoms with E-state index in [9.17, 15) is 24.3 Å². The Kier molecular flexibility index (Phi) is 10.9. The van der Waals surface area contributed by atoms with Crippen molar-refractivity contribution in [1.29, 1.82) is 0 Å². The number of hydrogen-bond acceptors (Lipinski definition) is 9. The first-order valence-corrected chi connectivity index (χ1v) is 20.0. The number of halogens is 2. The van der Waals surface area contributed by atoms with Crippen LogP contribution in [-0.2, 0) is 26.5 Å². The lowest BCUT2D eigenvalue weighted by Gasteiger charge is -2.40. The average molecular weight is 808 g/mol. The first kappa shape index (κ1) is 39.7. The van der Waals surface area contributed by atoms with Crippen LogP contribution in [0, 0.1) is 11.6 Å². The molecule has 0 radical (unpaired) electrons. The summed E-state index contributed by atoms with van der Waals surface area (Å²) in [6, 6.07) is 15.6. The lowest BCUT2D eigenvalue weighted by atomic mass is 9.82. The maximum atomic E-state index is 16.7. The number of aromatic amines is 1. The van der Waals surface area contributed by atoms with E-state index in [2.05, 4.69) is 25.9 Å². The zero-order valence-electron chi connectivity index (χ0n) is 33.0. The summed E-state index contributed by atoms with van der Waals surface area (Å²) in [5.74, 6) is -2.07. The number of carbonyl (C=O) groups is 4. The predicted octanol–water partition coefficient (Wildman–Crippen LogP) is 4.91. The van der Waals surface area contributed by atoms with Crippen molar-refractivity contribution in [3.05, 3.63) is 95.4 Å². The number of aryl methyl sites for hydroxylation is 1. The van der Waals surface area contributed by atoms with Gasteiger partial charge in [0, 0.05) is 69.4 Å². The van der Waals surface area contributed by atoms with Crippen LogP contribution < -0.4 is 15.5 Å². The lowest BCUT2D eigenvalue weighted by molar-refractivity contribution is -0.139. The van der Waals surface area contributed by atoms with Gasteiger partial charge in [-0.1, -0.05) is 29.5 Å². The molecule has 3 aliphatic rings. The van der Waals surface area contributed by atoms with Crippen LogP contribution in [0.5, 0.6) is 0 Å². The Hall–Kier alpha value is -6.16. The van der Waals surface area contributed by atoms with Gasteiger partial charge in [0.2, 0.25) is 17.7 Å². The number of carbonyl (C=O) groups excluding carboxylic acids is 4. The van der Waals surface area contributed by atoms with Crippen molar-refractivity contribution in [1.82, 2.24) is 35.1 Å². The third kappa shape index (κ3) is 8.13. The molecule has 8 rings (SSSR count). The van der Waals surface area contributed by atoms with E-state index in [1.807, 2.05) is 29.2 Å². The van der Waals surface area contributed by atoms with Gasteiger partial charge in [-0.3, -0.25) is 29.2 Å². The minimum Gasteiger partial charge on any atom is -0.383 e. The van der Waals surface area contributed by atoms with Crippen molar-refractivity contribution >= 4 is 45.9 Å². The fourth-order valence-corrected chi connectivity index (χ4v) is 8.66. The molecule has 0 spiro atoms. The topological polar surface area (TPSA) is 169 Å². The Bertz CT molecular complexity index is 2390. The molecule has 16 heteroatoms. The highest BCUT2D eigenvalue weighted by atomic mass is 19.1. The standard InChI is InChI=1S/C43H47F2N9O5/c1-51(2)42(58)35-24-31-30(23-32(39(45)40(31)48-35)43(59)15-3-17-53(25-43)38(56)14-20-54-21-16-46-50-54)28-6-4-26(5-7-28)27-12-18-52(19-13-27)36-10-8-29(22-33(36)44)47-34-9-11-37(55)49-41(34)57/h4-8,10,16,21-24,27,34,47-48,59H,3,9,11-15,17-20,25H2,1-2H3,(H,49,55,57)/t34?,43-/m0/s1. The monoisotopic (exact) mass is 807 g/mol. The van der Waals surface area contributed by atoms with Crippen LogP contribution in [0.4, 0.5) is 20.2 Å². The van der Waals surface area contributed by atoms with Gasteiger partial charge in [0.15, 0.2) is 5.82 Å². The molecule has 4 N–H and O–H groups in total. The number of benzene rings is 3. The fourth-order valence-electron chi connectivity index (χ4n) is 8.66. The molecule has 5 heterocycles. The fraction of sp³-hybridized carbons (Fsp3) is 0.395. The highest BCUT2D eigenvalue weighted by Crippen LogP contribution is 2.41. The SMILES string of the molecule is CN(C)C(=O)c1cc2c(-c3ccc(C4CCN(c5ccc(NC6CCC(=O)NC6=O)cc5F)CC4)cc3)cc([C@]3(O)CCCN(C(=O)CCn4ccnn4)C3)c(F)c2[nH]1. The van der Waals surface area contributed by atoms with Gasteiger partial charge in [-0.15, -0.1) is 5.10 Å². The molecular formula is C43H47F2N9O5. The van der Waals surface area contributed by atoms with Gasteiger partial charge in [0.1, 0.15) is 23.2 Å². The van der Waals surface area contributed by atoms with Crippen molar-refractivity contribution in [3.8, 4) is 11.1 Å². The van der Waals surface area contributed by atoms with Crippen LogP contribution in [0.2, 0.25) is 0 Å². The zero-order chi connectivity index (χ0) is 41.4. The molecular weight excluding hydrogens is 761 g/mol. The average Bonchev–Trinajstić information content (AvgIpc) is 3.93. The largest absolute Gasteiger partial charge is 0.383 e. The third-order valence-electron chi connectivity index (χ3n) is 11.9. The highest BCUT2D eigenvalue weighted by Gasteiger charge is 2.40. The number of imide groups is 1. The van der Waals surface area contributed by atoms with Gasteiger partial charge < -0.3 is 30.1 Å². The van der Waals surface area contributed by atoms with E-state index in [1.165, 1.54) is 17.2 Å². The first-order valence-electron chi connectivity index (χ1n) is 20.0. The summed E-state index contributed by atoms with van der Waals surface area (Å²) in [5, 5.41) is 25.7. The van der Waals surface area contributed by atoms with E-state index in [0.717, 1.165) is 24.0 Å². The Morgan fingerprint density at radius 3 is 2.49 bits per heavy atom. The minimum absolute atomic E-state index is 0.0583. The second-order valence-corrected chi connectivity index (χ2v) is 16.0. The Labute approximate surface area is 339 Å². The van der Waals surface area contributed by atoms with Crippen LogP contribution in [0.25, 0.3) is 22.0 Å². The zero-order valence-corrected chi connectivity index (χ0v) is 33.0. The maximum absolute atomic E-state index is 16.7. The maximum Gasteiger partial charge on any atom is 0.269 e. The third-order valence-corrected chi connectivity index (χ3v) is 11.9. The minimum atomic E-state index is -1.68. The number of amides is 4. The highest BCUT2D eigenvalue weighted by molar-refractivity contribution is 6.04. The second-order valence-electron chi connectivity index (χ2n) is 16.0. The smallest absolute Gasteiger partial charge is 0.269 e. The number of anilines is 2. The van der Waals surface area contributed by atoms with E-state index in [1.54, 1.807) is 54.1 Å². The van der Waals surface area contributed by atoms with Gasteiger partial charge in [0.25, 0.3) is 5.91 Å². The van der Waals surface area contributed by atoms with Crippen LogP contribution >= 0.6 is 0 Å². The summed E-state index contributed by atoms with van der Waals surface area (Å²) < 4.78 is 33.6. The van der Waals surface area contributed by atoms with Crippen molar-refractivity contribution in [3.63, 3.8) is 0 Å². The lowest BCUT2D eigenvalue weighted by Crippen LogP contribution is -2.49. The number of fused-ring (bicyclic) bond motifs is 1. The summed E-state index contributed by atoms with van der Waals surface area (Å²) >= 11 is 0. The van der Waals surface area contributed by atoms with Gasteiger partial charge in [0.05, 0.1) is 30.5 Å². The summed E-state index contributed by atoms with van der Waals surface area (Å²) in [5.41, 5.74) is 2.18. The summed E-state index contributed by atoms with van der Waals surface area (Å²) in [4.78, 5) is 58.0. The number of rotatable bonds is 10.